The first kappa shape index (κ1) is 8.54. The summed E-state index contributed by atoms with van der Waals surface area (Å²) in [4.78, 5) is 0.928. The molecule has 59 valence electrons. The average molecular weight is 165 g/mol. The van der Waals surface area contributed by atoms with Crippen LogP contribution in [0.3, 0.4) is 0 Å². The second-order valence-corrected chi connectivity index (χ2v) is 4.25. The van der Waals surface area contributed by atoms with Gasteiger partial charge in [0.25, 0.3) is 0 Å². The van der Waals surface area contributed by atoms with E-state index in [1.807, 2.05) is 12.1 Å². The van der Waals surface area contributed by atoms with Crippen molar-refractivity contribution in [3.05, 3.63) is 29.8 Å². The van der Waals surface area contributed by atoms with Gasteiger partial charge < -0.3 is 0 Å². The smallest absolute Gasteiger partial charge is 0.0380 e. The van der Waals surface area contributed by atoms with E-state index in [-0.39, 0.29) is 5.41 Å². The van der Waals surface area contributed by atoms with Crippen LogP contribution in [-0.4, -0.2) is 0 Å². The van der Waals surface area contributed by atoms with E-state index in [9.17, 15) is 0 Å². The third-order valence-corrected chi connectivity index (χ3v) is 1.95. The van der Waals surface area contributed by atoms with Gasteiger partial charge >= 0.3 is 0 Å². The largest absolute Gasteiger partial charge is 0.0801 e. The molecule has 0 aliphatic rings. The lowest BCUT2D eigenvalue weighted by molar-refractivity contribution is 0.589. The Bertz CT molecular complexity index is 245. The van der Waals surface area contributed by atoms with Crippen molar-refractivity contribution in [2.24, 2.45) is 0 Å². The molecule has 0 fully saturated rings. The van der Waals surface area contributed by atoms with E-state index >= 15 is 0 Å². The van der Waals surface area contributed by atoms with E-state index in [2.05, 4.69) is 32.9 Å². The molecule has 0 aliphatic heterocycles. The van der Waals surface area contributed by atoms with Gasteiger partial charge in [-0.1, -0.05) is 45.5 Å². The molecule has 0 heterocycles. The number of benzene rings is 1. The molecule has 0 atom stereocenters. The molecule has 0 aromatic heterocycles. The summed E-state index contributed by atoms with van der Waals surface area (Å²) in [6, 6.07) is 8.15. The standard InChI is InChI=1S/C10H13S/c1-10(2,3)8-5-4-6-9(11)7-8/h4-7H,1-3H3. The van der Waals surface area contributed by atoms with Gasteiger partial charge in [0.15, 0.2) is 0 Å². The summed E-state index contributed by atoms with van der Waals surface area (Å²) in [5.74, 6) is 0. The first-order chi connectivity index (χ1) is 5.00. The van der Waals surface area contributed by atoms with Crippen molar-refractivity contribution < 1.29 is 0 Å². The third kappa shape index (κ3) is 2.19. The van der Waals surface area contributed by atoms with Crippen LogP contribution in [0.1, 0.15) is 26.3 Å². The van der Waals surface area contributed by atoms with Gasteiger partial charge in [-0.3, -0.25) is 0 Å². The maximum atomic E-state index is 5.07. The minimum atomic E-state index is 0.217. The minimum Gasteiger partial charge on any atom is -0.0801 e. The summed E-state index contributed by atoms with van der Waals surface area (Å²) in [5.41, 5.74) is 1.53. The molecule has 0 saturated carbocycles. The van der Waals surface area contributed by atoms with Crippen LogP contribution in [0.25, 0.3) is 0 Å². The Morgan fingerprint density at radius 3 is 2.18 bits per heavy atom. The summed E-state index contributed by atoms with van der Waals surface area (Å²) < 4.78 is 0. The first-order valence-corrected chi connectivity index (χ1v) is 4.18. The molecule has 1 radical (unpaired) electrons. The Morgan fingerprint density at radius 2 is 1.82 bits per heavy atom. The van der Waals surface area contributed by atoms with Gasteiger partial charge in [0, 0.05) is 4.90 Å². The van der Waals surface area contributed by atoms with Crippen LogP contribution in [0, 0.1) is 0 Å². The van der Waals surface area contributed by atoms with E-state index in [1.54, 1.807) is 0 Å². The lowest BCUT2D eigenvalue weighted by atomic mass is 9.87. The molecule has 0 nitrogen and oxygen atoms in total. The van der Waals surface area contributed by atoms with Gasteiger partial charge in [-0.15, -0.1) is 0 Å². The Hall–Kier alpha value is -0.560. The third-order valence-electron chi connectivity index (χ3n) is 1.70. The normalized spacial score (nSPS) is 11.5. The first-order valence-electron chi connectivity index (χ1n) is 3.78. The van der Waals surface area contributed by atoms with Gasteiger partial charge in [0.1, 0.15) is 0 Å². The second-order valence-electron chi connectivity index (χ2n) is 3.78. The van der Waals surface area contributed by atoms with E-state index < -0.39 is 0 Å². The molecule has 1 aromatic rings. The summed E-state index contributed by atoms with van der Waals surface area (Å²) in [6.45, 7) is 6.57. The fourth-order valence-corrected chi connectivity index (χ4v) is 1.17. The zero-order valence-electron chi connectivity index (χ0n) is 7.22. The number of hydrogen-bond donors (Lipinski definition) is 0. The van der Waals surface area contributed by atoms with Crippen LogP contribution in [0.4, 0.5) is 0 Å². The minimum absolute atomic E-state index is 0.217. The zero-order chi connectivity index (χ0) is 8.48. The van der Waals surface area contributed by atoms with E-state index in [1.165, 1.54) is 5.56 Å². The van der Waals surface area contributed by atoms with Crippen molar-refractivity contribution in [1.82, 2.24) is 0 Å². The molecule has 0 N–H and O–H groups in total. The maximum absolute atomic E-state index is 5.07. The van der Waals surface area contributed by atoms with Crippen molar-refractivity contribution in [2.75, 3.05) is 0 Å². The van der Waals surface area contributed by atoms with Gasteiger partial charge in [-0.25, -0.2) is 0 Å². The molecule has 0 bridgehead atoms. The molecule has 11 heavy (non-hydrogen) atoms. The van der Waals surface area contributed by atoms with Crippen LogP contribution < -0.4 is 0 Å². The number of hydrogen-bond acceptors (Lipinski definition) is 0. The molecule has 0 spiro atoms. The lowest BCUT2D eigenvalue weighted by Gasteiger charge is -2.18. The van der Waals surface area contributed by atoms with Gasteiger partial charge in [0.05, 0.1) is 0 Å². The van der Waals surface area contributed by atoms with Crippen LogP contribution in [0.5, 0.6) is 0 Å². The van der Waals surface area contributed by atoms with Crippen LogP contribution in [-0.2, 0) is 5.41 Å². The van der Waals surface area contributed by atoms with E-state index in [0.717, 1.165) is 4.90 Å². The highest BCUT2D eigenvalue weighted by molar-refractivity contribution is 7.80. The van der Waals surface area contributed by atoms with Crippen LogP contribution in [0.2, 0.25) is 0 Å². The lowest BCUT2D eigenvalue weighted by Crippen LogP contribution is -2.10. The molecule has 0 unspecified atom stereocenters. The molecule has 1 rings (SSSR count). The molecule has 1 aromatic carbocycles. The zero-order valence-corrected chi connectivity index (χ0v) is 8.03. The molecule has 0 amide bonds. The molecular formula is C10H13S. The van der Waals surface area contributed by atoms with Crippen LogP contribution in [0.15, 0.2) is 29.2 Å². The summed E-state index contributed by atoms with van der Waals surface area (Å²) in [7, 11) is 0. The van der Waals surface area contributed by atoms with Gasteiger partial charge in [-0.2, -0.15) is 0 Å². The summed E-state index contributed by atoms with van der Waals surface area (Å²) >= 11 is 5.07. The molecule has 1 heteroatoms. The highest BCUT2D eigenvalue weighted by Crippen LogP contribution is 2.23. The van der Waals surface area contributed by atoms with E-state index in [0.29, 0.717) is 0 Å². The summed E-state index contributed by atoms with van der Waals surface area (Å²) in [5, 5.41) is 0. The molecule has 0 aliphatic carbocycles. The predicted octanol–water partition coefficient (Wildman–Crippen LogP) is 3.54. The number of rotatable bonds is 0. The van der Waals surface area contributed by atoms with Crippen molar-refractivity contribution in [2.45, 2.75) is 31.1 Å². The Labute approximate surface area is 74.0 Å². The maximum Gasteiger partial charge on any atom is 0.0380 e. The Morgan fingerprint density at radius 1 is 1.18 bits per heavy atom. The van der Waals surface area contributed by atoms with E-state index in [4.69, 9.17) is 12.6 Å². The van der Waals surface area contributed by atoms with Crippen molar-refractivity contribution in [3.8, 4) is 0 Å². The topological polar surface area (TPSA) is 0 Å². The SMILES string of the molecule is CC(C)(C)c1cccc([S])c1. The quantitative estimate of drug-likeness (QED) is 0.551. The Kier molecular flexibility index (Phi) is 2.19. The van der Waals surface area contributed by atoms with Crippen molar-refractivity contribution in [3.63, 3.8) is 0 Å². The molecular weight excluding hydrogens is 152 g/mol. The van der Waals surface area contributed by atoms with Crippen molar-refractivity contribution in [1.29, 1.82) is 0 Å². The highest BCUT2D eigenvalue weighted by atomic mass is 32.1. The predicted molar refractivity (Wildman–Crippen MR) is 51.0 cm³/mol. The average Bonchev–Trinajstić information content (AvgIpc) is 1.86. The summed E-state index contributed by atoms with van der Waals surface area (Å²) in [6.07, 6.45) is 0. The highest BCUT2D eigenvalue weighted by Gasteiger charge is 2.12. The van der Waals surface area contributed by atoms with Crippen LogP contribution >= 0.6 is 12.6 Å². The second kappa shape index (κ2) is 2.82. The van der Waals surface area contributed by atoms with Gasteiger partial charge in [0.2, 0.25) is 0 Å². The van der Waals surface area contributed by atoms with Crippen molar-refractivity contribution >= 4 is 12.6 Å². The fraction of sp³-hybridized carbons (Fsp3) is 0.400. The van der Waals surface area contributed by atoms with Gasteiger partial charge in [-0.05, 0) is 23.1 Å². The molecule has 0 saturated heterocycles. The monoisotopic (exact) mass is 165 g/mol. The Balaban J connectivity index is 3.06. The fourth-order valence-electron chi connectivity index (χ4n) is 0.963.